The molecule has 5 nitrogen and oxygen atoms in total. The van der Waals surface area contributed by atoms with E-state index >= 15 is 0 Å². The Morgan fingerprint density at radius 2 is 1.77 bits per heavy atom. The monoisotopic (exact) mass is 351 g/mol. The predicted octanol–water partition coefficient (Wildman–Crippen LogP) is 3.42. The summed E-state index contributed by atoms with van der Waals surface area (Å²) in [5.74, 6) is -0.0782. The van der Waals surface area contributed by atoms with Crippen molar-refractivity contribution in [2.24, 2.45) is 0 Å². The molecule has 3 rings (SSSR count). The molecule has 1 aliphatic rings. The second kappa shape index (κ2) is 8.61. The number of benzene rings is 1. The lowest BCUT2D eigenvalue weighted by Gasteiger charge is -2.35. The van der Waals surface area contributed by atoms with Gasteiger partial charge in [-0.2, -0.15) is 0 Å². The van der Waals surface area contributed by atoms with Gasteiger partial charge in [0.2, 0.25) is 0 Å². The fourth-order valence-corrected chi connectivity index (χ4v) is 3.41. The highest BCUT2D eigenvalue weighted by Gasteiger charge is 2.26. The third kappa shape index (κ3) is 4.28. The molecule has 2 amide bonds. The summed E-state index contributed by atoms with van der Waals surface area (Å²) in [5, 5.41) is 2.88. The van der Waals surface area contributed by atoms with E-state index in [0.29, 0.717) is 23.7 Å². The van der Waals surface area contributed by atoms with Crippen molar-refractivity contribution in [3.8, 4) is 0 Å². The van der Waals surface area contributed by atoms with Crippen molar-refractivity contribution < 1.29 is 9.59 Å². The molecular weight excluding hydrogens is 326 g/mol. The van der Waals surface area contributed by atoms with Crippen LogP contribution in [0.3, 0.4) is 0 Å². The number of aromatic nitrogens is 1. The van der Waals surface area contributed by atoms with Crippen molar-refractivity contribution in [3.63, 3.8) is 0 Å². The zero-order valence-electron chi connectivity index (χ0n) is 15.1. The molecule has 136 valence electrons. The van der Waals surface area contributed by atoms with Crippen LogP contribution < -0.4 is 5.32 Å². The van der Waals surface area contributed by atoms with Gasteiger partial charge < -0.3 is 10.2 Å². The third-order valence-corrected chi connectivity index (χ3v) is 4.96. The van der Waals surface area contributed by atoms with E-state index in [4.69, 9.17) is 0 Å². The largest absolute Gasteiger partial charge is 0.348 e. The Morgan fingerprint density at radius 1 is 1.08 bits per heavy atom. The van der Waals surface area contributed by atoms with Crippen LogP contribution in [0, 0.1) is 0 Å². The van der Waals surface area contributed by atoms with Gasteiger partial charge in [-0.1, -0.05) is 6.92 Å². The van der Waals surface area contributed by atoms with E-state index in [1.54, 1.807) is 36.7 Å². The van der Waals surface area contributed by atoms with Gasteiger partial charge in [-0.25, -0.2) is 0 Å². The third-order valence-electron chi connectivity index (χ3n) is 4.96. The van der Waals surface area contributed by atoms with Crippen LogP contribution in [0.1, 0.15) is 58.9 Å². The predicted molar refractivity (Wildman–Crippen MR) is 101 cm³/mol. The topological polar surface area (TPSA) is 62.3 Å². The van der Waals surface area contributed by atoms with Gasteiger partial charge in [0, 0.05) is 42.7 Å². The number of pyridine rings is 1. The molecule has 1 aromatic heterocycles. The van der Waals surface area contributed by atoms with Crippen LogP contribution in [0.2, 0.25) is 0 Å². The Balaban J connectivity index is 1.62. The van der Waals surface area contributed by atoms with Crippen molar-refractivity contribution in [2.45, 2.75) is 45.2 Å². The van der Waals surface area contributed by atoms with Gasteiger partial charge >= 0.3 is 0 Å². The summed E-state index contributed by atoms with van der Waals surface area (Å²) >= 11 is 0. The lowest BCUT2D eigenvalue weighted by molar-refractivity contribution is 0.0607. The first-order chi connectivity index (χ1) is 12.7. The lowest BCUT2D eigenvalue weighted by Crippen LogP contribution is -2.43. The molecule has 1 N–H and O–H groups in total. The molecule has 1 aliphatic heterocycles. The van der Waals surface area contributed by atoms with Crippen LogP contribution in [0.5, 0.6) is 0 Å². The standard InChI is InChI=1S/C21H25N3O2/c1-2-19-5-3-4-14-24(19)21(26)18-8-6-17(7-9-18)20(25)23-15-16-10-12-22-13-11-16/h6-13,19H,2-5,14-15H2,1H3,(H,23,25). The molecule has 2 aromatic rings. The summed E-state index contributed by atoms with van der Waals surface area (Å²) < 4.78 is 0. The normalized spacial score (nSPS) is 17.0. The summed E-state index contributed by atoms with van der Waals surface area (Å²) in [6, 6.07) is 11.0. The Kier molecular flexibility index (Phi) is 6.00. The highest BCUT2D eigenvalue weighted by atomic mass is 16.2. The number of piperidine rings is 1. The summed E-state index contributed by atoms with van der Waals surface area (Å²) in [4.78, 5) is 31.0. The number of amides is 2. The van der Waals surface area contributed by atoms with E-state index in [1.165, 1.54) is 6.42 Å². The first kappa shape index (κ1) is 18.1. The number of likely N-dealkylation sites (tertiary alicyclic amines) is 1. The fourth-order valence-electron chi connectivity index (χ4n) is 3.41. The molecule has 1 atom stereocenters. The average molecular weight is 351 g/mol. The van der Waals surface area contributed by atoms with Crippen molar-refractivity contribution in [1.82, 2.24) is 15.2 Å². The molecule has 1 saturated heterocycles. The number of carbonyl (C=O) groups excluding carboxylic acids is 2. The summed E-state index contributed by atoms with van der Waals surface area (Å²) in [6.07, 6.45) is 7.73. The molecule has 1 aromatic carbocycles. The highest BCUT2D eigenvalue weighted by Crippen LogP contribution is 2.22. The summed E-state index contributed by atoms with van der Waals surface area (Å²) in [5.41, 5.74) is 2.20. The molecule has 2 heterocycles. The number of hydrogen-bond acceptors (Lipinski definition) is 3. The quantitative estimate of drug-likeness (QED) is 0.898. The maximum atomic E-state index is 12.8. The average Bonchev–Trinajstić information content (AvgIpc) is 2.72. The molecule has 0 bridgehead atoms. The zero-order valence-corrected chi connectivity index (χ0v) is 15.1. The molecule has 0 saturated carbocycles. The SMILES string of the molecule is CCC1CCCCN1C(=O)c1ccc(C(=O)NCc2ccncc2)cc1. The highest BCUT2D eigenvalue weighted by molar-refractivity contribution is 5.98. The zero-order chi connectivity index (χ0) is 18.4. The van der Waals surface area contributed by atoms with E-state index in [0.717, 1.165) is 31.4 Å². The minimum absolute atomic E-state index is 0.0697. The van der Waals surface area contributed by atoms with Gasteiger partial charge in [-0.3, -0.25) is 14.6 Å². The molecule has 1 unspecified atom stereocenters. The fraction of sp³-hybridized carbons (Fsp3) is 0.381. The molecule has 0 aliphatic carbocycles. The van der Waals surface area contributed by atoms with Crippen LogP contribution in [0.15, 0.2) is 48.8 Å². The summed E-state index contributed by atoms with van der Waals surface area (Å²) in [7, 11) is 0. The van der Waals surface area contributed by atoms with Gasteiger partial charge in [-0.05, 0) is 67.6 Å². The van der Waals surface area contributed by atoms with Crippen LogP contribution in [-0.2, 0) is 6.54 Å². The van der Waals surface area contributed by atoms with Gasteiger partial charge in [0.1, 0.15) is 0 Å². The van der Waals surface area contributed by atoms with Crippen LogP contribution in [0.4, 0.5) is 0 Å². The first-order valence-electron chi connectivity index (χ1n) is 9.27. The smallest absolute Gasteiger partial charge is 0.254 e. The second-order valence-electron chi connectivity index (χ2n) is 6.67. The summed E-state index contributed by atoms with van der Waals surface area (Å²) in [6.45, 7) is 3.41. The molecule has 5 heteroatoms. The van der Waals surface area contributed by atoms with Crippen molar-refractivity contribution in [2.75, 3.05) is 6.54 Å². The van der Waals surface area contributed by atoms with E-state index in [2.05, 4.69) is 17.2 Å². The first-order valence-corrected chi connectivity index (χ1v) is 9.27. The van der Waals surface area contributed by atoms with Gasteiger partial charge in [0.15, 0.2) is 0 Å². The molecule has 26 heavy (non-hydrogen) atoms. The van der Waals surface area contributed by atoms with Crippen molar-refractivity contribution >= 4 is 11.8 Å². The Labute approximate surface area is 154 Å². The molecule has 0 spiro atoms. The Hall–Kier alpha value is -2.69. The number of rotatable bonds is 5. The lowest BCUT2D eigenvalue weighted by atomic mass is 9.98. The van der Waals surface area contributed by atoms with Crippen LogP contribution in [0.25, 0.3) is 0 Å². The van der Waals surface area contributed by atoms with Crippen molar-refractivity contribution in [1.29, 1.82) is 0 Å². The molecular formula is C21H25N3O2. The maximum Gasteiger partial charge on any atom is 0.254 e. The van der Waals surface area contributed by atoms with Crippen LogP contribution >= 0.6 is 0 Å². The van der Waals surface area contributed by atoms with E-state index in [1.807, 2.05) is 17.0 Å². The molecule has 0 radical (unpaired) electrons. The van der Waals surface area contributed by atoms with Gasteiger partial charge in [-0.15, -0.1) is 0 Å². The van der Waals surface area contributed by atoms with Gasteiger partial charge in [0.25, 0.3) is 11.8 Å². The second-order valence-corrected chi connectivity index (χ2v) is 6.67. The van der Waals surface area contributed by atoms with E-state index in [-0.39, 0.29) is 11.8 Å². The van der Waals surface area contributed by atoms with Crippen LogP contribution in [-0.4, -0.2) is 34.3 Å². The van der Waals surface area contributed by atoms with E-state index < -0.39 is 0 Å². The number of carbonyl (C=O) groups is 2. The number of nitrogens with zero attached hydrogens (tertiary/aromatic N) is 2. The number of nitrogens with one attached hydrogen (secondary N) is 1. The molecule has 1 fully saturated rings. The van der Waals surface area contributed by atoms with Gasteiger partial charge in [0.05, 0.1) is 0 Å². The maximum absolute atomic E-state index is 12.8. The van der Waals surface area contributed by atoms with E-state index in [9.17, 15) is 9.59 Å². The minimum Gasteiger partial charge on any atom is -0.348 e. The Morgan fingerprint density at radius 3 is 2.46 bits per heavy atom. The number of hydrogen-bond donors (Lipinski definition) is 1. The minimum atomic E-state index is -0.148. The van der Waals surface area contributed by atoms with Crippen molar-refractivity contribution in [3.05, 3.63) is 65.5 Å². The Bertz CT molecular complexity index is 744.